The second-order valence-corrected chi connectivity index (χ2v) is 2.55. The minimum Gasteiger partial charge on any atom is -0.497 e. The van der Waals surface area contributed by atoms with E-state index in [4.69, 9.17) is 9.84 Å². The molecule has 0 saturated carbocycles. The molecule has 0 unspecified atom stereocenters. The lowest BCUT2D eigenvalue weighted by Crippen LogP contribution is -1.92. The topological polar surface area (TPSA) is 58.6 Å². The van der Waals surface area contributed by atoms with Gasteiger partial charge in [-0.3, -0.25) is 0 Å². The van der Waals surface area contributed by atoms with Crippen LogP contribution in [0.5, 0.6) is 5.75 Å². The van der Waals surface area contributed by atoms with Gasteiger partial charge in [-0.2, -0.15) is 0 Å². The predicted molar refractivity (Wildman–Crippen MR) is 53.4 cm³/mol. The molecule has 1 rings (SSSR count). The van der Waals surface area contributed by atoms with E-state index in [1.54, 1.807) is 13.2 Å². The molecular weight excluding hydrogens is 182 g/mol. The summed E-state index contributed by atoms with van der Waals surface area (Å²) in [5.41, 5.74) is 0.779. The molecule has 0 radical (unpaired) electrons. The van der Waals surface area contributed by atoms with Crippen LogP contribution in [0.1, 0.15) is 0 Å². The molecule has 0 aliphatic carbocycles. The monoisotopic (exact) mass is 193 g/mol. The Morgan fingerprint density at radius 1 is 1.57 bits per heavy atom. The number of anilines is 1. The number of ether oxygens (including phenoxy) is 1. The Balaban J connectivity index is 2.63. The molecule has 0 atom stereocenters. The number of nitrogens with one attached hydrogen (secondary N) is 1. The van der Waals surface area contributed by atoms with Crippen LogP contribution in [0.15, 0.2) is 36.5 Å². The van der Waals surface area contributed by atoms with E-state index in [1.807, 2.05) is 18.2 Å². The molecule has 4 heteroatoms. The van der Waals surface area contributed by atoms with Crippen LogP contribution in [0.25, 0.3) is 0 Å². The van der Waals surface area contributed by atoms with Crippen molar-refractivity contribution in [2.24, 2.45) is 0 Å². The van der Waals surface area contributed by atoms with Crippen LogP contribution >= 0.6 is 0 Å². The number of carbonyl (C=O) groups is 1. The molecule has 0 aliphatic heterocycles. The number of aliphatic carboxylic acids is 1. The number of hydrogen-bond acceptors (Lipinski definition) is 3. The van der Waals surface area contributed by atoms with Gasteiger partial charge in [-0.1, -0.05) is 6.07 Å². The average molecular weight is 193 g/mol. The van der Waals surface area contributed by atoms with Gasteiger partial charge >= 0.3 is 5.97 Å². The zero-order valence-electron chi connectivity index (χ0n) is 7.73. The fourth-order valence-electron chi connectivity index (χ4n) is 0.922. The van der Waals surface area contributed by atoms with Crippen molar-refractivity contribution in [2.45, 2.75) is 0 Å². The van der Waals surface area contributed by atoms with Crippen LogP contribution in [-0.2, 0) is 4.79 Å². The number of rotatable bonds is 4. The first-order valence-electron chi connectivity index (χ1n) is 4.02. The third-order valence-electron chi connectivity index (χ3n) is 1.55. The number of hydrogen-bond donors (Lipinski definition) is 2. The molecule has 1 aromatic carbocycles. The minimum absolute atomic E-state index is 0.721. The molecule has 2 N–H and O–H groups in total. The van der Waals surface area contributed by atoms with E-state index < -0.39 is 5.97 Å². The fraction of sp³-hybridized carbons (Fsp3) is 0.100. The zero-order valence-corrected chi connectivity index (χ0v) is 7.73. The molecule has 0 aliphatic rings. The van der Waals surface area contributed by atoms with Crippen molar-refractivity contribution in [1.82, 2.24) is 0 Å². The smallest absolute Gasteiger partial charge is 0.329 e. The van der Waals surface area contributed by atoms with E-state index in [9.17, 15) is 4.79 Å². The van der Waals surface area contributed by atoms with Crippen molar-refractivity contribution in [1.29, 1.82) is 0 Å². The summed E-state index contributed by atoms with van der Waals surface area (Å²) in [6, 6.07) is 7.21. The summed E-state index contributed by atoms with van der Waals surface area (Å²) in [7, 11) is 1.58. The average Bonchev–Trinajstić information content (AvgIpc) is 2.18. The van der Waals surface area contributed by atoms with Gasteiger partial charge in [-0.05, 0) is 12.1 Å². The van der Waals surface area contributed by atoms with Crippen molar-refractivity contribution in [2.75, 3.05) is 12.4 Å². The van der Waals surface area contributed by atoms with E-state index >= 15 is 0 Å². The Bertz CT molecular complexity index is 347. The second-order valence-electron chi connectivity index (χ2n) is 2.55. The summed E-state index contributed by atoms with van der Waals surface area (Å²) in [5.74, 6) is -0.265. The van der Waals surface area contributed by atoms with E-state index in [0.717, 1.165) is 17.5 Å². The van der Waals surface area contributed by atoms with Gasteiger partial charge in [-0.15, -0.1) is 0 Å². The Morgan fingerprint density at radius 2 is 2.36 bits per heavy atom. The third-order valence-corrected chi connectivity index (χ3v) is 1.55. The lowest BCUT2D eigenvalue weighted by atomic mass is 10.3. The molecule has 0 spiro atoms. The summed E-state index contributed by atoms with van der Waals surface area (Å²) in [6.45, 7) is 0. The number of methoxy groups -OCH3 is 1. The van der Waals surface area contributed by atoms with Crippen molar-refractivity contribution in [3.8, 4) is 5.75 Å². The Morgan fingerprint density at radius 3 is 3.00 bits per heavy atom. The summed E-state index contributed by atoms with van der Waals surface area (Å²) in [4.78, 5) is 10.2. The molecule has 4 nitrogen and oxygen atoms in total. The van der Waals surface area contributed by atoms with Crippen molar-refractivity contribution in [3.05, 3.63) is 36.5 Å². The van der Waals surface area contributed by atoms with Gasteiger partial charge in [0.1, 0.15) is 5.75 Å². The van der Waals surface area contributed by atoms with Crippen LogP contribution < -0.4 is 10.1 Å². The molecule has 1 aromatic rings. The van der Waals surface area contributed by atoms with Gasteiger partial charge in [0.2, 0.25) is 0 Å². The quantitative estimate of drug-likeness (QED) is 0.714. The SMILES string of the molecule is COc1cccc(N/C=C/C(=O)O)c1. The van der Waals surface area contributed by atoms with Crippen LogP contribution in [-0.4, -0.2) is 18.2 Å². The molecule has 0 aromatic heterocycles. The number of carboxylic acids is 1. The Hall–Kier alpha value is -1.97. The first-order valence-corrected chi connectivity index (χ1v) is 4.02. The van der Waals surface area contributed by atoms with Crippen molar-refractivity contribution < 1.29 is 14.6 Å². The summed E-state index contributed by atoms with van der Waals surface area (Å²) < 4.78 is 5.00. The Kier molecular flexibility index (Phi) is 3.55. The van der Waals surface area contributed by atoms with Crippen LogP contribution in [0.2, 0.25) is 0 Å². The van der Waals surface area contributed by atoms with Gasteiger partial charge in [0.15, 0.2) is 0 Å². The van der Waals surface area contributed by atoms with Gasteiger partial charge in [0.05, 0.1) is 7.11 Å². The molecule has 74 valence electrons. The summed E-state index contributed by atoms with van der Waals surface area (Å²) >= 11 is 0. The molecule has 0 bridgehead atoms. The van der Waals surface area contributed by atoms with Crippen LogP contribution in [0.4, 0.5) is 5.69 Å². The molecule has 14 heavy (non-hydrogen) atoms. The predicted octanol–water partition coefficient (Wildman–Crippen LogP) is 1.71. The molecule has 0 saturated heterocycles. The van der Waals surface area contributed by atoms with E-state index in [2.05, 4.69) is 5.32 Å². The van der Waals surface area contributed by atoms with Crippen molar-refractivity contribution in [3.63, 3.8) is 0 Å². The maximum absolute atomic E-state index is 10.2. The summed E-state index contributed by atoms with van der Waals surface area (Å²) in [5, 5.41) is 11.2. The third kappa shape index (κ3) is 3.18. The molecule has 0 heterocycles. The van der Waals surface area contributed by atoms with Crippen LogP contribution in [0.3, 0.4) is 0 Å². The highest BCUT2D eigenvalue weighted by Crippen LogP contribution is 2.16. The maximum Gasteiger partial charge on any atom is 0.329 e. The van der Waals surface area contributed by atoms with E-state index in [-0.39, 0.29) is 0 Å². The van der Waals surface area contributed by atoms with E-state index in [0.29, 0.717) is 0 Å². The first kappa shape index (κ1) is 10.1. The highest BCUT2D eigenvalue weighted by Gasteiger charge is 1.92. The standard InChI is InChI=1S/C10H11NO3/c1-14-9-4-2-3-8(7-9)11-6-5-10(12)13/h2-7,11H,1H3,(H,12,13)/b6-5+. The highest BCUT2D eigenvalue weighted by atomic mass is 16.5. The first-order chi connectivity index (χ1) is 6.72. The largest absolute Gasteiger partial charge is 0.497 e. The normalized spacial score (nSPS) is 10.1. The maximum atomic E-state index is 10.2. The summed E-state index contributed by atoms with van der Waals surface area (Å²) in [6.07, 6.45) is 2.39. The molecule has 0 fully saturated rings. The van der Waals surface area contributed by atoms with Gasteiger partial charge < -0.3 is 15.2 Å². The lowest BCUT2D eigenvalue weighted by molar-refractivity contribution is -0.131. The number of benzene rings is 1. The van der Waals surface area contributed by atoms with Gasteiger partial charge in [-0.25, -0.2) is 4.79 Å². The zero-order chi connectivity index (χ0) is 10.4. The van der Waals surface area contributed by atoms with Gasteiger partial charge in [0.25, 0.3) is 0 Å². The molecular formula is C10H11NO3. The fourth-order valence-corrected chi connectivity index (χ4v) is 0.922. The van der Waals surface area contributed by atoms with Gasteiger partial charge in [0, 0.05) is 24.0 Å². The van der Waals surface area contributed by atoms with Crippen LogP contribution in [0, 0.1) is 0 Å². The Labute approximate surface area is 81.8 Å². The second kappa shape index (κ2) is 4.91. The minimum atomic E-state index is -0.986. The lowest BCUT2D eigenvalue weighted by Gasteiger charge is -2.02. The van der Waals surface area contributed by atoms with E-state index in [1.165, 1.54) is 6.20 Å². The number of carboxylic acid groups (broad SMARTS) is 1. The highest BCUT2D eigenvalue weighted by molar-refractivity contribution is 5.80. The van der Waals surface area contributed by atoms with Crippen molar-refractivity contribution >= 4 is 11.7 Å². The molecule has 0 amide bonds.